The zero-order chi connectivity index (χ0) is 27.2. The third-order valence-electron chi connectivity index (χ3n) is 6.69. The van der Waals surface area contributed by atoms with Crippen LogP contribution in [0.4, 0.5) is 20.2 Å². The molecule has 1 aliphatic rings. The van der Waals surface area contributed by atoms with Gasteiger partial charge in [-0.15, -0.1) is 10.2 Å². The van der Waals surface area contributed by atoms with E-state index in [1.54, 1.807) is 48.5 Å². The number of para-hydroxylation sites is 2. The summed E-state index contributed by atoms with van der Waals surface area (Å²) >= 11 is 0. The highest BCUT2D eigenvalue weighted by molar-refractivity contribution is 7.92. The minimum absolute atomic E-state index is 0.0102. The van der Waals surface area contributed by atoms with Gasteiger partial charge in [0.25, 0.3) is 5.89 Å². The van der Waals surface area contributed by atoms with Gasteiger partial charge in [0, 0.05) is 44.0 Å². The SMILES string of the molecule is O=S(=O)(CCN1CCN(c2ccccc2)CC1)N(Cc1ccc(-c2nnc(C(F)F)o2)cc1)c1ccccc1. The van der Waals surface area contributed by atoms with E-state index >= 15 is 0 Å². The molecule has 4 aromatic rings. The Morgan fingerprint density at radius 2 is 1.49 bits per heavy atom. The molecule has 0 radical (unpaired) electrons. The Labute approximate surface area is 226 Å². The second kappa shape index (κ2) is 11.9. The number of hydrogen-bond donors (Lipinski definition) is 0. The molecule has 1 aliphatic heterocycles. The summed E-state index contributed by atoms with van der Waals surface area (Å²) in [5.41, 5.74) is 2.96. The number of sulfonamides is 1. The second-order valence-corrected chi connectivity index (χ2v) is 11.3. The smallest absolute Gasteiger partial charge is 0.314 e. The molecule has 1 aromatic heterocycles. The molecule has 3 aromatic carbocycles. The van der Waals surface area contributed by atoms with Crippen molar-refractivity contribution in [2.45, 2.75) is 13.0 Å². The van der Waals surface area contributed by atoms with Gasteiger partial charge in [-0.25, -0.2) is 8.42 Å². The summed E-state index contributed by atoms with van der Waals surface area (Å²) in [5, 5.41) is 7.02. The third-order valence-corrected chi connectivity index (χ3v) is 8.40. The Hall–Kier alpha value is -3.83. The predicted molar refractivity (Wildman–Crippen MR) is 146 cm³/mol. The predicted octanol–water partition coefficient (Wildman–Crippen LogP) is 4.83. The van der Waals surface area contributed by atoms with Crippen LogP contribution in [0.25, 0.3) is 11.5 Å². The van der Waals surface area contributed by atoms with Gasteiger partial charge in [-0.05, 0) is 42.0 Å². The lowest BCUT2D eigenvalue weighted by Crippen LogP contribution is -2.48. The van der Waals surface area contributed by atoms with Crippen molar-refractivity contribution < 1.29 is 21.6 Å². The molecule has 0 unspecified atom stereocenters. The summed E-state index contributed by atoms with van der Waals surface area (Å²) in [7, 11) is -3.65. The molecule has 5 rings (SSSR count). The van der Waals surface area contributed by atoms with Gasteiger partial charge in [0.05, 0.1) is 18.0 Å². The lowest BCUT2D eigenvalue weighted by Gasteiger charge is -2.36. The number of rotatable bonds is 10. The fourth-order valence-corrected chi connectivity index (χ4v) is 6.02. The number of benzene rings is 3. The molecule has 0 amide bonds. The first-order valence-corrected chi connectivity index (χ1v) is 14.3. The van der Waals surface area contributed by atoms with E-state index in [2.05, 4.69) is 32.1 Å². The van der Waals surface area contributed by atoms with E-state index in [1.807, 2.05) is 24.3 Å². The highest BCUT2D eigenvalue weighted by atomic mass is 32.2. The minimum Gasteiger partial charge on any atom is -0.415 e. The van der Waals surface area contributed by atoms with E-state index in [9.17, 15) is 17.2 Å². The number of anilines is 2. The number of aromatic nitrogens is 2. The summed E-state index contributed by atoms with van der Waals surface area (Å²) in [6.07, 6.45) is -2.84. The van der Waals surface area contributed by atoms with Crippen LogP contribution in [0.15, 0.2) is 89.3 Å². The molecule has 1 saturated heterocycles. The Balaban J connectivity index is 1.25. The topological polar surface area (TPSA) is 82.8 Å². The molecule has 2 heterocycles. The average Bonchev–Trinajstić information content (AvgIpc) is 3.47. The molecule has 0 spiro atoms. The largest absolute Gasteiger partial charge is 0.415 e. The van der Waals surface area contributed by atoms with Gasteiger partial charge < -0.3 is 9.32 Å². The Kier molecular flexibility index (Phi) is 8.18. The maximum absolute atomic E-state index is 13.6. The summed E-state index contributed by atoms with van der Waals surface area (Å²) < 4.78 is 59.2. The molecule has 0 bridgehead atoms. The monoisotopic (exact) mass is 553 g/mol. The standard InChI is InChI=1S/C28H29F2N5O3S/c29-26(30)28-32-31-27(38-28)23-13-11-22(12-14-23)21-35(25-9-5-2-6-10-25)39(36,37)20-19-33-15-17-34(18-16-33)24-7-3-1-4-8-24/h1-14,26H,15-21H2. The van der Waals surface area contributed by atoms with E-state index in [0.717, 1.165) is 31.7 Å². The zero-order valence-corrected chi connectivity index (χ0v) is 22.1. The van der Waals surface area contributed by atoms with Gasteiger partial charge in [-0.2, -0.15) is 8.78 Å². The summed E-state index contributed by atoms with van der Waals surface area (Å²) in [4.78, 5) is 4.50. The van der Waals surface area contributed by atoms with E-state index in [1.165, 1.54) is 9.99 Å². The number of nitrogens with zero attached hydrogens (tertiary/aromatic N) is 5. The van der Waals surface area contributed by atoms with Crippen molar-refractivity contribution in [3.8, 4) is 11.5 Å². The van der Waals surface area contributed by atoms with Crippen molar-refractivity contribution in [2.75, 3.05) is 47.7 Å². The van der Waals surface area contributed by atoms with Crippen LogP contribution in [-0.2, 0) is 16.6 Å². The molecule has 0 saturated carbocycles. The number of halogens is 2. The maximum Gasteiger partial charge on any atom is 0.314 e. The van der Waals surface area contributed by atoms with Crippen LogP contribution >= 0.6 is 0 Å². The van der Waals surface area contributed by atoms with Gasteiger partial charge in [-0.3, -0.25) is 9.21 Å². The van der Waals surface area contributed by atoms with Crippen molar-refractivity contribution in [2.24, 2.45) is 0 Å². The summed E-state index contributed by atoms with van der Waals surface area (Å²) in [5.74, 6) is -0.766. The maximum atomic E-state index is 13.6. The third kappa shape index (κ3) is 6.61. The van der Waals surface area contributed by atoms with E-state index in [0.29, 0.717) is 17.8 Å². The first kappa shape index (κ1) is 26.8. The molecule has 39 heavy (non-hydrogen) atoms. The number of hydrogen-bond acceptors (Lipinski definition) is 7. The molecular formula is C28H29F2N5O3S. The van der Waals surface area contributed by atoms with E-state index in [4.69, 9.17) is 4.42 Å². The first-order chi connectivity index (χ1) is 18.9. The number of alkyl halides is 2. The Bertz CT molecular complexity index is 1440. The Morgan fingerprint density at radius 3 is 2.10 bits per heavy atom. The molecule has 204 valence electrons. The zero-order valence-electron chi connectivity index (χ0n) is 21.2. The van der Waals surface area contributed by atoms with Crippen molar-refractivity contribution in [3.05, 3.63) is 96.4 Å². The molecule has 8 nitrogen and oxygen atoms in total. The lowest BCUT2D eigenvalue weighted by atomic mass is 10.1. The van der Waals surface area contributed by atoms with Crippen LogP contribution in [0, 0.1) is 0 Å². The number of piperazine rings is 1. The van der Waals surface area contributed by atoms with Crippen molar-refractivity contribution >= 4 is 21.4 Å². The molecular weight excluding hydrogens is 524 g/mol. The van der Waals surface area contributed by atoms with Crippen LogP contribution in [0.2, 0.25) is 0 Å². The normalized spacial score (nSPS) is 14.6. The van der Waals surface area contributed by atoms with Gasteiger partial charge >= 0.3 is 6.43 Å². The van der Waals surface area contributed by atoms with Gasteiger partial charge in [-0.1, -0.05) is 48.5 Å². The quantitative estimate of drug-likeness (QED) is 0.278. The Morgan fingerprint density at radius 1 is 0.846 bits per heavy atom. The van der Waals surface area contributed by atoms with Crippen LogP contribution in [0.5, 0.6) is 0 Å². The van der Waals surface area contributed by atoms with Crippen LogP contribution in [-0.4, -0.2) is 62.0 Å². The summed E-state index contributed by atoms with van der Waals surface area (Å²) in [6.45, 7) is 3.84. The fourth-order valence-electron chi connectivity index (χ4n) is 4.53. The first-order valence-electron chi connectivity index (χ1n) is 12.7. The second-order valence-electron chi connectivity index (χ2n) is 9.27. The van der Waals surface area contributed by atoms with Crippen molar-refractivity contribution in [1.82, 2.24) is 15.1 Å². The van der Waals surface area contributed by atoms with Crippen LogP contribution in [0.3, 0.4) is 0 Å². The average molecular weight is 554 g/mol. The fraction of sp³-hybridized carbons (Fsp3) is 0.286. The molecule has 0 N–H and O–H groups in total. The molecule has 0 atom stereocenters. The highest BCUT2D eigenvalue weighted by Crippen LogP contribution is 2.26. The summed E-state index contributed by atoms with van der Waals surface area (Å²) in [6, 6.07) is 26.0. The minimum atomic E-state index is -3.65. The van der Waals surface area contributed by atoms with Gasteiger partial charge in [0.15, 0.2) is 0 Å². The van der Waals surface area contributed by atoms with E-state index in [-0.39, 0.29) is 18.2 Å². The lowest BCUT2D eigenvalue weighted by molar-refractivity contribution is 0.116. The highest BCUT2D eigenvalue weighted by Gasteiger charge is 2.25. The van der Waals surface area contributed by atoms with Crippen LogP contribution in [0.1, 0.15) is 17.9 Å². The van der Waals surface area contributed by atoms with Crippen molar-refractivity contribution in [1.29, 1.82) is 0 Å². The van der Waals surface area contributed by atoms with Gasteiger partial charge in [0.2, 0.25) is 15.9 Å². The molecule has 1 fully saturated rings. The van der Waals surface area contributed by atoms with Crippen molar-refractivity contribution in [3.63, 3.8) is 0 Å². The van der Waals surface area contributed by atoms with E-state index < -0.39 is 22.3 Å². The van der Waals surface area contributed by atoms with Gasteiger partial charge in [0.1, 0.15) is 0 Å². The molecule has 0 aliphatic carbocycles. The molecule has 11 heteroatoms. The van der Waals surface area contributed by atoms with Crippen LogP contribution < -0.4 is 9.21 Å².